The molecular weight excluding hydrogens is 225 g/mol. The van der Waals surface area contributed by atoms with E-state index >= 15 is 0 Å². The number of phenolic OH excluding ortho intramolecular Hbond substituents is 1. The summed E-state index contributed by atoms with van der Waals surface area (Å²) in [5, 5.41) is 17.3. The summed E-state index contributed by atoms with van der Waals surface area (Å²) in [5.41, 5.74) is -1.78. The first kappa shape index (κ1) is 14.3. The molecule has 0 atom stereocenters. The van der Waals surface area contributed by atoms with Gasteiger partial charge in [-0.3, -0.25) is 0 Å². The van der Waals surface area contributed by atoms with E-state index in [1.165, 1.54) is 0 Å². The minimum absolute atomic E-state index is 0.460. The van der Waals surface area contributed by atoms with Crippen LogP contribution in [-0.4, -0.2) is 16.2 Å². The van der Waals surface area contributed by atoms with Crippen LogP contribution in [0.1, 0.15) is 29.8 Å². The van der Waals surface area contributed by atoms with E-state index < -0.39 is 29.0 Å². The maximum absolute atomic E-state index is 12.1. The zero-order valence-electron chi connectivity index (χ0n) is 8.67. The number of carboxylic acid groups (broad SMARTS) is 1. The molecule has 0 saturated carbocycles. The van der Waals surface area contributed by atoms with Crippen molar-refractivity contribution in [3.63, 3.8) is 0 Å². The number of hydrogen-bond acceptors (Lipinski definition) is 2. The number of carboxylic acids is 1. The van der Waals surface area contributed by atoms with Gasteiger partial charge >= 0.3 is 12.1 Å². The quantitative estimate of drug-likeness (QED) is 0.787. The van der Waals surface area contributed by atoms with Crippen molar-refractivity contribution in [3.8, 4) is 5.75 Å². The van der Waals surface area contributed by atoms with Gasteiger partial charge in [0.1, 0.15) is 5.75 Å². The first-order valence-corrected chi connectivity index (χ1v) is 4.45. The summed E-state index contributed by atoms with van der Waals surface area (Å²) in [6, 6.07) is 1.67. The Morgan fingerprint density at radius 2 is 1.69 bits per heavy atom. The van der Waals surface area contributed by atoms with Crippen LogP contribution in [0.25, 0.3) is 0 Å². The molecule has 0 fully saturated rings. The van der Waals surface area contributed by atoms with Gasteiger partial charge in [-0.05, 0) is 18.2 Å². The molecule has 0 radical (unpaired) electrons. The largest absolute Gasteiger partial charge is 0.508 e. The first-order valence-electron chi connectivity index (χ1n) is 4.45. The maximum atomic E-state index is 12.1. The van der Waals surface area contributed by atoms with E-state index in [2.05, 4.69) is 0 Å². The number of carbonyl (C=O) groups is 1. The average molecular weight is 236 g/mol. The number of rotatable bonds is 1. The summed E-state index contributed by atoms with van der Waals surface area (Å²) in [7, 11) is 0. The van der Waals surface area contributed by atoms with Crippen molar-refractivity contribution in [1.29, 1.82) is 0 Å². The van der Waals surface area contributed by atoms with Crippen LogP contribution in [0.2, 0.25) is 0 Å². The Labute approximate surface area is 90.1 Å². The molecule has 0 aromatic heterocycles. The van der Waals surface area contributed by atoms with Gasteiger partial charge < -0.3 is 10.2 Å². The van der Waals surface area contributed by atoms with E-state index in [0.29, 0.717) is 12.1 Å². The summed E-state index contributed by atoms with van der Waals surface area (Å²) in [5.74, 6) is -2.25. The molecule has 16 heavy (non-hydrogen) atoms. The number of halogens is 3. The first-order chi connectivity index (χ1) is 7.30. The molecule has 0 saturated heterocycles. The Bertz CT molecular complexity index is 372. The maximum Gasteiger partial charge on any atom is 0.416 e. The highest BCUT2D eigenvalue weighted by molar-refractivity contribution is 5.88. The summed E-state index contributed by atoms with van der Waals surface area (Å²) >= 11 is 0. The molecule has 2 N–H and O–H groups in total. The van der Waals surface area contributed by atoms with Crippen LogP contribution < -0.4 is 0 Å². The fourth-order valence-corrected chi connectivity index (χ4v) is 0.898. The van der Waals surface area contributed by atoms with Crippen molar-refractivity contribution in [2.24, 2.45) is 0 Å². The van der Waals surface area contributed by atoms with Gasteiger partial charge in [0, 0.05) is 0 Å². The third-order valence-electron chi connectivity index (χ3n) is 1.49. The van der Waals surface area contributed by atoms with Gasteiger partial charge in [-0.25, -0.2) is 4.79 Å². The van der Waals surface area contributed by atoms with E-state index in [0.717, 1.165) is 6.07 Å². The minimum atomic E-state index is -4.66. The van der Waals surface area contributed by atoms with Crippen LogP contribution in [0, 0.1) is 0 Å². The van der Waals surface area contributed by atoms with Crippen LogP contribution in [0.3, 0.4) is 0 Å². The van der Waals surface area contributed by atoms with Crippen molar-refractivity contribution in [2.45, 2.75) is 20.0 Å². The summed E-state index contributed by atoms with van der Waals surface area (Å²) in [4.78, 5) is 10.4. The van der Waals surface area contributed by atoms with Gasteiger partial charge in [-0.1, -0.05) is 13.8 Å². The molecular formula is C10H11F3O3. The van der Waals surface area contributed by atoms with Crippen LogP contribution in [0.5, 0.6) is 5.75 Å². The molecule has 0 aliphatic carbocycles. The molecule has 1 aromatic rings. The van der Waals surface area contributed by atoms with E-state index in [1.807, 2.05) is 13.8 Å². The number of benzene rings is 1. The second-order valence-corrected chi connectivity index (χ2v) is 2.57. The lowest BCUT2D eigenvalue weighted by Gasteiger charge is -2.07. The lowest BCUT2D eigenvalue weighted by Crippen LogP contribution is -2.07. The van der Waals surface area contributed by atoms with Crippen molar-refractivity contribution in [3.05, 3.63) is 29.3 Å². The SMILES string of the molecule is CC.O=C(O)c1cc(O)cc(C(F)(F)F)c1. The molecule has 3 nitrogen and oxygen atoms in total. The van der Waals surface area contributed by atoms with Gasteiger partial charge in [-0.2, -0.15) is 13.2 Å². The van der Waals surface area contributed by atoms with E-state index in [1.54, 1.807) is 0 Å². The highest BCUT2D eigenvalue weighted by Crippen LogP contribution is 2.32. The Kier molecular flexibility index (Phi) is 4.81. The zero-order chi connectivity index (χ0) is 12.9. The highest BCUT2D eigenvalue weighted by atomic mass is 19.4. The Balaban J connectivity index is 0.00000106. The smallest absolute Gasteiger partial charge is 0.416 e. The van der Waals surface area contributed by atoms with Crippen molar-refractivity contribution < 1.29 is 28.2 Å². The molecule has 90 valence electrons. The minimum Gasteiger partial charge on any atom is -0.508 e. The normalized spacial score (nSPS) is 10.3. The zero-order valence-corrected chi connectivity index (χ0v) is 8.67. The predicted octanol–water partition coefficient (Wildman–Crippen LogP) is 3.14. The topological polar surface area (TPSA) is 57.5 Å². The molecule has 0 spiro atoms. The van der Waals surface area contributed by atoms with Gasteiger partial charge in [0.05, 0.1) is 11.1 Å². The third kappa shape index (κ3) is 3.80. The van der Waals surface area contributed by atoms with E-state index in [-0.39, 0.29) is 0 Å². The van der Waals surface area contributed by atoms with E-state index in [9.17, 15) is 18.0 Å². The van der Waals surface area contributed by atoms with Crippen molar-refractivity contribution in [1.82, 2.24) is 0 Å². The molecule has 0 aliphatic heterocycles. The summed E-state index contributed by atoms with van der Waals surface area (Å²) in [6.45, 7) is 4.00. The standard InChI is InChI=1S/C8H5F3O3.C2H6/c9-8(10,11)5-1-4(7(13)14)2-6(12)3-5;1-2/h1-3,12H,(H,13,14);1-2H3. The number of phenols is 1. The van der Waals surface area contributed by atoms with Crippen LogP contribution in [-0.2, 0) is 6.18 Å². The van der Waals surface area contributed by atoms with Crippen molar-refractivity contribution >= 4 is 5.97 Å². The fraction of sp³-hybridized carbons (Fsp3) is 0.300. The lowest BCUT2D eigenvalue weighted by molar-refractivity contribution is -0.137. The second-order valence-electron chi connectivity index (χ2n) is 2.57. The molecule has 0 bridgehead atoms. The number of aromatic carboxylic acids is 1. The van der Waals surface area contributed by atoms with Crippen LogP contribution >= 0.6 is 0 Å². The number of alkyl halides is 3. The van der Waals surface area contributed by atoms with E-state index in [4.69, 9.17) is 10.2 Å². The van der Waals surface area contributed by atoms with Crippen molar-refractivity contribution in [2.75, 3.05) is 0 Å². The third-order valence-corrected chi connectivity index (χ3v) is 1.49. The molecule has 6 heteroatoms. The highest BCUT2D eigenvalue weighted by Gasteiger charge is 2.31. The molecule has 0 heterocycles. The fourth-order valence-electron chi connectivity index (χ4n) is 0.898. The Morgan fingerprint density at radius 3 is 2.06 bits per heavy atom. The summed E-state index contributed by atoms with van der Waals surface area (Å²) < 4.78 is 36.3. The Morgan fingerprint density at radius 1 is 1.19 bits per heavy atom. The van der Waals surface area contributed by atoms with Gasteiger partial charge in [-0.15, -0.1) is 0 Å². The van der Waals surface area contributed by atoms with Gasteiger partial charge in [0.2, 0.25) is 0 Å². The molecule has 1 rings (SSSR count). The molecule has 1 aromatic carbocycles. The lowest BCUT2D eigenvalue weighted by atomic mass is 10.1. The van der Waals surface area contributed by atoms with Gasteiger partial charge in [0.15, 0.2) is 0 Å². The summed E-state index contributed by atoms with van der Waals surface area (Å²) in [6.07, 6.45) is -4.66. The second kappa shape index (κ2) is 5.39. The van der Waals surface area contributed by atoms with Crippen LogP contribution in [0.4, 0.5) is 13.2 Å². The Hall–Kier alpha value is -1.72. The van der Waals surface area contributed by atoms with Crippen LogP contribution in [0.15, 0.2) is 18.2 Å². The molecule has 0 aliphatic rings. The average Bonchev–Trinajstić information content (AvgIpc) is 2.18. The van der Waals surface area contributed by atoms with Gasteiger partial charge in [0.25, 0.3) is 0 Å². The number of aromatic hydroxyl groups is 1. The molecule has 0 amide bonds. The molecule has 0 unspecified atom stereocenters. The predicted molar refractivity (Wildman–Crippen MR) is 51.4 cm³/mol. The monoisotopic (exact) mass is 236 g/mol. The number of hydrogen-bond donors (Lipinski definition) is 2.